The average molecular weight is 204 g/mol. The maximum Gasteiger partial charge on any atom is 0.338 e. The molecule has 14 heavy (non-hydrogen) atoms. The van der Waals surface area contributed by atoms with Crippen molar-refractivity contribution >= 4 is 6.03 Å². The van der Waals surface area contributed by atoms with E-state index in [1.54, 1.807) is 0 Å². The summed E-state index contributed by atoms with van der Waals surface area (Å²) in [5.74, 6) is 0.509. The molecule has 0 aliphatic rings. The first-order valence-electron chi connectivity index (χ1n) is 4.73. The van der Waals surface area contributed by atoms with Crippen molar-refractivity contribution in [1.29, 1.82) is 0 Å². The molecule has 0 rings (SSSR count). The first-order valence-corrected chi connectivity index (χ1v) is 4.73. The largest absolute Gasteiger partial charge is 0.379 e. The van der Waals surface area contributed by atoms with Crippen LogP contribution < -0.4 is 10.8 Å². The third-order valence-corrected chi connectivity index (χ3v) is 1.39. The fraction of sp³-hybridized carbons (Fsp3) is 0.889. The highest BCUT2D eigenvalue weighted by Crippen LogP contribution is 1.93. The Kier molecular flexibility index (Phi) is 7.14. The minimum Gasteiger partial charge on any atom is -0.379 e. The fourth-order valence-corrected chi connectivity index (χ4v) is 0.868. The second kappa shape index (κ2) is 7.58. The number of carbonyl (C=O) groups excluding carboxylic acids is 1. The molecule has 0 radical (unpaired) electrons. The van der Waals surface area contributed by atoms with Crippen LogP contribution in [-0.2, 0) is 9.57 Å². The fourth-order valence-electron chi connectivity index (χ4n) is 0.868. The van der Waals surface area contributed by atoms with E-state index in [-0.39, 0.29) is 12.1 Å². The Labute approximate surface area is 85.1 Å². The van der Waals surface area contributed by atoms with Crippen molar-refractivity contribution in [2.75, 3.05) is 20.3 Å². The molecule has 5 heteroatoms. The Morgan fingerprint density at radius 2 is 1.93 bits per heavy atom. The third kappa shape index (κ3) is 7.82. The smallest absolute Gasteiger partial charge is 0.338 e. The van der Waals surface area contributed by atoms with Gasteiger partial charge in [0, 0.05) is 6.61 Å². The number of ether oxygens (including phenoxy) is 1. The molecule has 0 spiro atoms. The number of rotatable bonds is 6. The van der Waals surface area contributed by atoms with Gasteiger partial charge in [-0.15, -0.1) is 0 Å². The molecule has 0 fully saturated rings. The second-order valence-corrected chi connectivity index (χ2v) is 3.61. The summed E-state index contributed by atoms with van der Waals surface area (Å²) in [5.41, 5.74) is 2.17. The molecule has 0 aromatic heterocycles. The van der Waals surface area contributed by atoms with Crippen LogP contribution in [0.1, 0.15) is 20.8 Å². The molecule has 2 amide bonds. The zero-order valence-corrected chi connectivity index (χ0v) is 9.29. The van der Waals surface area contributed by atoms with Crippen LogP contribution in [0.25, 0.3) is 0 Å². The highest BCUT2D eigenvalue weighted by Gasteiger charge is 2.06. The summed E-state index contributed by atoms with van der Waals surface area (Å²) in [5, 5.41) is 2.65. The maximum absolute atomic E-state index is 10.9. The molecule has 5 nitrogen and oxygen atoms in total. The lowest BCUT2D eigenvalue weighted by Crippen LogP contribution is -2.42. The number of nitrogens with one attached hydrogen (secondary N) is 2. The van der Waals surface area contributed by atoms with E-state index in [9.17, 15) is 4.79 Å². The first-order chi connectivity index (χ1) is 6.56. The van der Waals surface area contributed by atoms with Crippen LogP contribution in [0.4, 0.5) is 4.79 Å². The van der Waals surface area contributed by atoms with Crippen LogP contribution in [-0.4, -0.2) is 32.4 Å². The molecular weight excluding hydrogens is 184 g/mol. The van der Waals surface area contributed by atoms with Gasteiger partial charge in [0.25, 0.3) is 0 Å². The Hall–Kier alpha value is -0.810. The van der Waals surface area contributed by atoms with Crippen molar-refractivity contribution in [3.05, 3.63) is 0 Å². The lowest BCUT2D eigenvalue weighted by molar-refractivity contribution is 0.0846. The van der Waals surface area contributed by atoms with Gasteiger partial charge in [-0.25, -0.2) is 10.3 Å². The Morgan fingerprint density at radius 1 is 1.29 bits per heavy atom. The van der Waals surface area contributed by atoms with Crippen molar-refractivity contribution in [3.63, 3.8) is 0 Å². The highest BCUT2D eigenvalue weighted by atomic mass is 16.6. The molecule has 0 aromatic carbocycles. The van der Waals surface area contributed by atoms with E-state index in [2.05, 4.69) is 29.5 Å². The van der Waals surface area contributed by atoms with Gasteiger partial charge in [0.05, 0.1) is 19.8 Å². The lowest BCUT2D eigenvalue weighted by Gasteiger charge is -2.14. The third-order valence-electron chi connectivity index (χ3n) is 1.39. The molecule has 0 aliphatic carbocycles. The average Bonchev–Trinajstić information content (AvgIpc) is 2.03. The van der Waals surface area contributed by atoms with Gasteiger partial charge in [-0.1, -0.05) is 13.8 Å². The monoisotopic (exact) mass is 204 g/mol. The van der Waals surface area contributed by atoms with Crippen LogP contribution in [0, 0.1) is 5.92 Å². The van der Waals surface area contributed by atoms with E-state index in [0.717, 1.165) is 0 Å². The van der Waals surface area contributed by atoms with Gasteiger partial charge in [0.1, 0.15) is 0 Å². The Balaban J connectivity index is 3.44. The van der Waals surface area contributed by atoms with Crippen LogP contribution in [0.2, 0.25) is 0 Å². The van der Waals surface area contributed by atoms with Crippen molar-refractivity contribution < 1.29 is 14.4 Å². The molecule has 0 aromatic rings. The SMILES string of the molecule is CONC(=O)NC(C)COCC(C)C. The van der Waals surface area contributed by atoms with E-state index in [0.29, 0.717) is 19.1 Å². The van der Waals surface area contributed by atoms with Crippen LogP contribution in [0.3, 0.4) is 0 Å². The summed E-state index contributed by atoms with van der Waals surface area (Å²) in [7, 11) is 1.39. The van der Waals surface area contributed by atoms with Crippen molar-refractivity contribution in [2.24, 2.45) is 5.92 Å². The quantitative estimate of drug-likeness (QED) is 0.632. The summed E-state index contributed by atoms with van der Waals surface area (Å²) < 4.78 is 5.35. The van der Waals surface area contributed by atoms with Crippen LogP contribution in [0.15, 0.2) is 0 Å². The Bertz CT molecular complexity index is 162. The van der Waals surface area contributed by atoms with E-state index in [4.69, 9.17) is 4.74 Å². The molecule has 0 saturated carbocycles. The standard InChI is InChI=1S/C9H20N2O3/c1-7(2)5-14-6-8(3)10-9(12)11-13-4/h7-8H,5-6H2,1-4H3,(H2,10,11,12). The lowest BCUT2D eigenvalue weighted by atomic mass is 10.2. The number of hydroxylamine groups is 1. The van der Waals surface area contributed by atoms with Gasteiger partial charge in [-0.05, 0) is 12.8 Å². The number of hydrogen-bond acceptors (Lipinski definition) is 3. The predicted octanol–water partition coefficient (Wildman–Crippen LogP) is 0.908. The molecule has 0 aliphatic heterocycles. The van der Waals surface area contributed by atoms with Crippen LogP contribution in [0.5, 0.6) is 0 Å². The van der Waals surface area contributed by atoms with Gasteiger partial charge in [0.2, 0.25) is 0 Å². The Morgan fingerprint density at radius 3 is 2.43 bits per heavy atom. The van der Waals surface area contributed by atoms with E-state index in [1.165, 1.54) is 7.11 Å². The van der Waals surface area contributed by atoms with Crippen molar-refractivity contribution in [3.8, 4) is 0 Å². The summed E-state index contributed by atoms with van der Waals surface area (Å²) in [6, 6.07) is -0.378. The molecule has 0 heterocycles. The zero-order valence-electron chi connectivity index (χ0n) is 9.29. The normalized spacial score (nSPS) is 12.6. The van der Waals surface area contributed by atoms with Gasteiger partial charge >= 0.3 is 6.03 Å². The number of hydrogen-bond donors (Lipinski definition) is 2. The molecule has 0 bridgehead atoms. The predicted molar refractivity (Wildman–Crippen MR) is 53.8 cm³/mol. The molecule has 1 atom stereocenters. The van der Waals surface area contributed by atoms with E-state index >= 15 is 0 Å². The van der Waals surface area contributed by atoms with Gasteiger partial charge in [-0.2, -0.15) is 0 Å². The minimum atomic E-state index is -0.354. The number of urea groups is 1. The van der Waals surface area contributed by atoms with E-state index in [1.807, 2.05) is 6.92 Å². The summed E-state index contributed by atoms with van der Waals surface area (Å²) in [6.07, 6.45) is 0. The van der Waals surface area contributed by atoms with Gasteiger partial charge in [-0.3, -0.25) is 4.84 Å². The summed E-state index contributed by atoms with van der Waals surface area (Å²) >= 11 is 0. The molecule has 0 saturated heterocycles. The zero-order chi connectivity index (χ0) is 11.0. The maximum atomic E-state index is 10.9. The first kappa shape index (κ1) is 13.2. The van der Waals surface area contributed by atoms with Crippen LogP contribution >= 0.6 is 0 Å². The molecule has 2 N–H and O–H groups in total. The number of amides is 2. The van der Waals surface area contributed by atoms with E-state index < -0.39 is 0 Å². The summed E-state index contributed by atoms with van der Waals surface area (Å²) in [6.45, 7) is 7.24. The van der Waals surface area contributed by atoms with Crippen molar-refractivity contribution in [1.82, 2.24) is 10.8 Å². The van der Waals surface area contributed by atoms with Gasteiger partial charge < -0.3 is 10.1 Å². The number of carbonyl (C=O) groups is 1. The minimum absolute atomic E-state index is 0.0242. The highest BCUT2D eigenvalue weighted by molar-refractivity contribution is 5.72. The second-order valence-electron chi connectivity index (χ2n) is 3.61. The summed E-state index contributed by atoms with van der Waals surface area (Å²) in [4.78, 5) is 15.4. The van der Waals surface area contributed by atoms with Crippen molar-refractivity contribution in [2.45, 2.75) is 26.8 Å². The molecule has 84 valence electrons. The molecule has 1 unspecified atom stereocenters. The van der Waals surface area contributed by atoms with Gasteiger partial charge in [0.15, 0.2) is 0 Å². The molecular formula is C9H20N2O3. The topological polar surface area (TPSA) is 59.6 Å².